The van der Waals surface area contributed by atoms with Crippen LogP contribution >= 0.6 is 0 Å². The van der Waals surface area contributed by atoms with Crippen molar-refractivity contribution in [2.24, 2.45) is 17.4 Å². The molecule has 0 saturated carbocycles. The summed E-state index contributed by atoms with van der Waals surface area (Å²) in [6.07, 6.45) is 0.813. The zero-order valence-electron chi connectivity index (χ0n) is 32.9. The summed E-state index contributed by atoms with van der Waals surface area (Å²) >= 11 is 0. The van der Waals surface area contributed by atoms with E-state index in [1.165, 1.54) is 28.9 Å². The van der Waals surface area contributed by atoms with Crippen LogP contribution in [0.4, 0.5) is 0 Å². The number of primary amides is 1. The SMILES string of the molecule is CC(C)[C@H](N)C(=O)N[C@@H](Cc1ccc(O)cc1)C(=O)N[C@@H](Cc1ccccc1)C(=O)N1CCC[C@H]1C(=O)N[C@@H](C)C(=O)N1CCC[C@H]1C(=O)N[C@@H](CC(N)=O)C(=O)O. The molecule has 7 amide bonds. The first-order valence-electron chi connectivity index (χ1n) is 19.4. The molecule has 2 aliphatic heterocycles. The molecule has 0 spiro atoms. The van der Waals surface area contributed by atoms with Gasteiger partial charge in [-0.2, -0.15) is 0 Å². The molecule has 4 rings (SSSR count). The van der Waals surface area contributed by atoms with Gasteiger partial charge in [0, 0.05) is 25.9 Å². The van der Waals surface area contributed by atoms with Gasteiger partial charge in [-0.1, -0.05) is 56.3 Å². The van der Waals surface area contributed by atoms with Crippen molar-refractivity contribution in [1.82, 2.24) is 31.1 Å². The van der Waals surface area contributed by atoms with Gasteiger partial charge in [0.15, 0.2) is 0 Å². The van der Waals surface area contributed by atoms with Gasteiger partial charge in [-0.05, 0) is 61.8 Å². The van der Waals surface area contributed by atoms with Gasteiger partial charge in [0.25, 0.3) is 0 Å². The number of benzene rings is 2. The highest BCUT2D eigenvalue weighted by Gasteiger charge is 2.42. The van der Waals surface area contributed by atoms with Crippen molar-refractivity contribution in [3.63, 3.8) is 0 Å². The van der Waals surface area contributed by atoms with Crippen LogP contribution in [0.1, 0.15) is 64.0 Å². The Morgan fingerprint density at radius 2 is 1.21 bits per heavy atom. The van der Waals surface area contributed by atoms with Crippen LogP contribution in [-0.2, 0) is 51.2 Å². The highest BCUT2D eigenvalue weighted by atomic mass is 16.4. The Morgan fingerprint density at radius 3 is 1.76 bits per heavy atom. The molecule has 2 saturated heterocycles. The molecule has 2 aliphatic rings. The normalized spacial score (nSPS) is 19.0. The average molecular weight is 807 g/mol. The second-order valence-electron chi connectivity index (χ2n) is 15.1. The van der Waals surface area contributed by atoms with Crippen molar-refractivity contribution in [2.45, 2.75) is 108 Å². The van der Waals surface area contributed by atoms with Gasteiger partial charge in [-0.25, -0.2) is 4.79 Å². The number of aromatic hydroxyl groups is 1. The number of carbonyl (C=O) groups excluding carboxylic acids is 7. The van der Waals surface area contributed by atoms with Gasteiger partial charge < -0.3 is 52.7 Å². The first-order valence-corrected chi connectivity index (χ1v) is 19.4. The number of carbonyl (C=O) groups is 8. The van der Waals surface area contributed by atoms with E-state index in [-0.39, 0.29) is 50.4 Å². The lowest BCUT2D eigenvalue weighted by Crippen LogP contribution is -2.60. The van der Waals surface area contributed by atoms with E-state index >= 15 is 0 Å². The minimum Gasteiger partial charge on any atom is -0.508 e. The molecule has 10 N–H and O–H groups in total. The maximum Gasteiger partial charge on any atom is 0.326 e. The van der Waals surface area contributed by atoms with E-state index in [1.54, 1.807) is 56.3 Å². The number of hydrogen-bond acceptors (Lipinski definition) is 10. The molecule has 2 aromatic rings. The summed E-state index contributed by atoms with van der Waals surface area (Å²) in [5.74, 6) is -6.38. The minimum absolute atomic E-state index is 0.0165. The molecule has 2 heterocycles. The minimum atomic E-state index is -1.58. The van der Waals surface area contributed by atoms with E-state index in [0.717, 1.165) is 5.56 Å². The summed E-state index contributed by atoms with van der Waals surface area (Å²) < 4.78 is 0. The van der Waals surface area contributed by atoms with Gasteiger partial charge in [0.1, 0.15) is 42.0 Å². The number of nitrogens with two attached hydrogens (primary N) is 2. The Kier molecular flexibility index (Phi) is 15.7. The predicted octanol–water partition coefficient (Wildman–Crippen LogP) is -0.938. The van der Waals surface area contributed by atoms with Crippen LogP contribution in [-0.4, -0.2) is 123 Å². The molecule has 0 aromatic heterocycles. The van der Waals surface area contributed by atoms with E-state index in [1.807, 2.05) is 0 Å². The zero-order valence-corrected chi connectivity index (χ0v) is 32.9. The van der Waals surface area contributed by atoms with E-state index in [9.17, 15) is 48.6 Å². The number of phenols is 1. The molecule has 2 aromatic carbocycles. The van der Waals surface area contributed by atoms with Crippen LogP contribution in [0.2, 0.25) is 0 Å². The second-order valence-corrected chi connectivity index (χ2v) is 15.1. The van der Waals surface area contributed by atoms with E-state index in [4.69, 9.17) is 11.5 Å². The monoisotopic (exact) mass is 806 g/mol. The Morgan fingerprint density at radius 1 is 0.690 bits per heavy atom. The lowest BCUT2D eigenvalue weighted by atomic mass is 10.00. The molecule has 2 fully saturated rings. The van der Waals surface area contributed by atoms with Crippen molar-refractivity contribution < 1.29 is 48.6 Å². The summed E-state index contributed by atoms with van der Waals surface area (Å²) in [5.41, 5.74) is 12.6. The Bertz CT molecular complexity index is 1820. The summed E-state index contributed by atoms with van der Waals surface area (Å²) in [6.45, 7) is 5.32. The lowest BCUT2D eigenvalue weighted by Gasteiger charge is -2.31. The molecule has 0 bridgehead atoms. The maximum absolute atomic E-state index is 14.4. The summed E-state index contributed by atoms with van der Waals surface area (Å²) in [7, 11) is 0. The molecular formula is C40H54N8O10. The number of rotatable bonds is 18. The third-order valence-corrected chi connectivity index (χ3v) is 10.4. The zero-order chi connectivity index (χ0) is 42.7. The standard InChI is InChI=1S/C40H54N8O10/c1-22(2)33(42)37(54)44-27(19-25-13-15-26(49)16-14-25)34(51)45-28(20-24-9-5-4-6-10-24)39(56)48-18-8-11-30(48)35(52)43-23(3)38(55)47-17-7-12-31(47)36(53)46-29(40(57)58)21-32(41)50/h4-6,9-10,13-16,22-23,27-31,33,49H,7-8,11-12,17-21,42H2,1-3H3,(H2,41,50)(H,43,52)(H,44,54)(H,45,51)(H,46,53)(H,57,58)/t23-,27-,28-,29-,30-,31-,33-/m0/s1. The molecule has 18 nitrogen and oxygen atoms in total. The Labute approximate surface area is 336 Å². The van der Waals surface area contributed by atoms with Gasteiger partial charge in [-0.3, -0.25) is 33.6 Å². The van der Waals surface area contributed by atoms with Crippen LogP contribution in [0.25, 0.3) is 0 Å². The fourth-order valence-electron chi connectivity index (χ4n) is 7.07. The van der Waals surface area contributed by atoms with Crippen LogP contribution in [0.5, 0.6) is 5.75 Å². The molecular weight excluding hydrogens is 752 g/mol. The Balaban J connectivity index is 1.50. The number of carboxylic acids is 1. The summed E-state index contributed by atoms with van der Waals surface area (Å²) in [5, 5.41) is 29.7. The second kappa shape index (κ2) is 20.4. The largest absolute Gasteiger partial charge is 0.508 e. The van der Waals surface area contributed by atoms with E-state index in [2.05, 4.69) is 21.3 Å². The van der Waals surface area contributed by atoms with E-state index in [0.29, 0.717) is 18.4 Å². The summed E-state index contributed by atoms with van der Waals surface area (Å²) in [6, 6.07) is 7.05. The number of nitrogens with one attached hydrogen (secondary N) is 4. The van der Waals surface area contributed by atoms with Crippen LogP contribution < -0.4 is 32.7 Å². The number of nitrogens with zero attached hydrogens (tertiary/aromatic N) is 2. The lowest BCUT2D eigenvalue weighted by molar-refractivity contribution is -0.146. The van der Waals surface area contributed by atoms with Crippen molar-refractivity contribution in [3.8, 4) is 5.75 Å². The molecule has 0 aliphatic carbocycles. The van der Waals surface area contributed by atoms with Gasteiger partial charge in [0.2, 0.25) is 41.4 Å². The van der Waals surface area contributed by atoms with E-state index < -0.39 is 96.0 Å². The fraction of sp³-hybridized carbons (Fsp3) is 0.500. The number of hydrogen-bond donors (Lipinski definition) is 8. The van der Waals surface area contributed by atoms with Crippen molar-refractivity contribution in [2.75, 3.05) is 13.1 Å². The van der Waals surface area contributed by atoms with Gasteiger partial charge in [-0.15, -0.1) is 0 Å². The highest BCUT2D eigenvalue weighted by Crippen LogP contribution is 2.22. The molecule has 18 heteroatoms. The first kappa shape index (κ1) is 44.7. The third kappa shape index (κ3) is 12.0. The maximum atomic E-state index is 14.4. The average Bonchev–Trinajstić information content (AvgIpc) is 3.88. The van der Waals surface area contributed by atoms with Crippen molar-refractivity contribution in [3.05, 3.63) is 65.7 Å². The van der Waals surface area contributed by atoms with Crippen LogP contribution in [0.3, 0.4) is 0 Å². The quantitative estimate of drug-likeness (QED) is 0.0910. The molecule has 0 unspecified atom stereocenters. The van der Waals surface area contributed by atoms with Gasteiger partial charge >= 0.3 is 5.97 Å². The third-order valence-electron chi connectivity index (χ3n) is 10.4. The molecule has 0 radical (unpaired) electrons. The van der Waals surface area contributed by atoms with Gasteiger partial charge in [0.05, 0.1) is 12.5 Å². The molecule has 58 heavy (non-hydrogen) atoms. The number of phenolic OH excluding ortho intramolecular Hbond substituents is 1. The topological polar surface area (TPSA) is 284 Å². The van der Waals surface area contributed by atoms with Crippen LogP contribution in [0, 0.1) is 5.92 Å². The molecule has 314 valence electrons. The number of aliphatic carboxylic acids is 1. The van der Waals surface area contributed by atoms with Crippen molar-refractivity contribution in [1.29, 1.82) is 0 Å². The number of amides is 7. The first-order chi connectivity index (χ1) is 27.5. The van der Waals surface area contributed by atoms with Crippen LogP contribution in [0.15, 0.2) is 54.6 Å². The predicted molar refractivity (Wildman–Crippen MR) is 209 cm³/mol. The van der Waals surface area contributed by atoms with Crippen molar-refractivity contribution >= 4 is 47.3 Å². The number of carboxylic acid groups (broad SMARTS) is 1. The smallest absolute Gasteiger partial charge is 0.326 e. The fourth-order valence-corrected chi connectivity index (χ4v) is 7.07. The highest BCUT2D eigenvalue weighted by molar-refractivity contribution is 5.98. The molecule has 7 atom stereocenters. The number of likely N-dealkylation sites (tertiary alicyclic amines) is 2. The Hall–Kier alpha value is -6.04. The summed E-state index contributed by atoms with van der Waals surface area (Å²) in [4.78, 5) is 107.